The summed E-state index contributed by atoms with van der Waals surface area (Å²) in [5.41, 5.74) is 11.6. The third-order valence-electron chi connectivity index (χ3n) is 7.71. The lowest BCUT2D eigenvalue weighted by molar-refractivity contribution is 0.0697. The van der Waals surface area contributed by atoms with E-state index < -0.39 is 5.97 Å². The van der Waals surface area contributed by atoms with Crippen LogP contribution in [0.25, 0.3) is 22.4 Å². The number of hydrogen-bond donors (Lipinski definition) is 1. The first-order valence-corrected chi connectivity index (χ1v) is 11.3. The zero-order valence-electron chi connectivity index (χ0n) is 19.2. The molecule has 3 heteroatoms. The average Bonchev–Trinajstić information content (AvgIpc) is 3.07. The molecule has 2 aliphatic carbocycles. The Kier molecular flexibility index (Phi) is 4.28. The number of aromatic nitrogens is 1. The number of carboxylic acids is 1. The van der Waals surface area contributed by atoms with Crippen LogP contribution in [0.2, 0.25) is 0 Å². The fourth-order valence-corrected chi connectivity index (χ4v) is 5.67. The summed E-state index contributed by atoms with van der Waals surface area (Å²) in [5, 5.41) is 9.22. The molecule has 31 heavy (non-hydrogen) atoms. The fourth-order valence-electron chi connectivity index (χ4n) is 5.67. The molecule has 1 aromatic heterocycles. The van der Waals surface area contributed by atoms with E-state index in [-0.39, 0.29) is 10.8 Å². The maximum Gasteiger partial charge on any atom is 0.335 e. The number of rotatable bonds is 2. The topological polar surface area (TPSA) is 42.2 Å². The minimum Gasteiger partial charge on any atom is -0.478 e. The van der Waals surface area contributed by atoms with Crippen LogP contribution < -0.4 is 0 Å². The molecular weight excluding hydrogens is 382 g/mol. The molecule has 3 nitrogen and oxygen atoms in total. The van der Waals surface area contributed by atoms with Gasteiger partial charge in [0.1, 0.15) is 0 Å². The van der Waals surface area contributed by atoms with E-state index in [0.29, 0.717) is 5.56 Å². The van der Waals surface area contributed by atoms with Gasteiger partial charge in [0.15, 0.2) is 0 Å². The number of carboxylic acid groups (broad SMARTS) is 1. The minimum absolute atomic E-state index is 0.193. The highest BCUT2D eigenvalue weighted by Crippen LogP contribution is 2.49. The quantitative estimate of drug-likeness (QED) is 0.521. The van der Waals surface area contributed by atoms with E-state index >= 15 is 0 Å². The summed E-state index contributed by atoms with van der Waals surface area (Å²) in [7, 11) is 2.14. The molecule has 0 saturated carbocycles. The van der Waals surface area contributed by atoms with Crippen molar-refractivity contribution < 1.29 is 9.90 Å². The minimum atomic E-state index is -0.883. The molecule has 0 spiro atoms. The summed E-state index contributed by atoms with van der Waals surface area (Å²) in [6, 6.07) is 12.3. The highest BCUT2D eigenvalue weighted by atomic mass is 16.4. The van der Waals surface area contributed by atoms with Gasteiger partial charge >= 0.3 is 5.97 Å². The summed E-state index contributed by atoms with van der Waals surface area (Å²) in [5.74, 6) is -0.883. The molecule has 3 aromatic rings. The van der Waals surface area contributed by atoms with Crippen molar-refractivity contribution in [2.75, 3.05) is 0 Å². The predicted molar refractivity (Wildman–Crippen MR) is 126 cm³/mol. The molecule has 0 unspecified atom stereocenters. The van der Waals surface area contributed by atoms with Crippen molar-refractivity contribution in [3.63, 3.8) is 0 Å². The predicted octanol–water partition coefficient (Wildman–Crippen LogP) is 6.50. The van der Waals surface area contributed by atoms with Crippen LogP contribution in [0, 0.1) is 0 Å². The number of aryl methyl sites for hydroxylation is 2. The maximum absolute atomic E-state index is 11.2. The van der Waals surface area contributed by atoms with Gasteiger partial charge in [-0.05, 0) is 82.5 Å². The molecule has 0 bridgehead atoms. The van der Waals surface area contributed by atoms with Crippen LogP contribution in [0.5, 0.6) is 0 Å². The number of nitrogens with zero attached hydrogens (tertiary/aromatic N) is 1. The lowest BCUT2D eigenvalue weighted by atomic mass is 9.62. The second-order valence-corrected chi connectivity index (χ2v) is 10.7. The number of fused-ring (bicyclic) bond motifs is 4. The van der Waals surface area contributed by atoms with Crippen molar-refractivity contribution in [3.05, 3.63) is 70.4 Å². The van der Waals surface area contributed by atoms with Gasteiger partial charge in [-0.2, -0.15) is 0 Å². The Labute approximate surface area is 184 Å². The first-order valence-electron chi connectivity index (χ1n) is 11.3. The van der Waals surface area contributed by atoms with Gasteiger partial charge in [-0.15, -0.1) is 0 Å². The van der Waals surface area contributed by atoms with Gasteiger partial charge < -0.3 is 9.67 Å². The van der Waals surface area contributed by atoms with E-state index in [1.165, 1.54) is 51.9 Å². The fraction of sp³-hybridized carbons (Fsp3) is 0.393. The standard InChI is InChI=1S/C28H31NO2/c1-27(2)12-13-28(3,4)24-15-21-19(14-23(24)27)10-11-20-22(16-29(5)25(20)21)17-6-8-18(9-7-17)26(30)31/h6-9,14-16H,10-13H2,1-5H3,(H,30,31). The lowest BCUT2D eigenvalue weighted by Gasteiger charge is -2.43. The summed E-state index contributed by atoms with van der Waals surface area (Å²) >= 11 is 0. The van der Waals surface area contributed by atoms with E-state index in [4.69, 9.17) is 0 Å². The Balaban J connectivity index is 1.67. The molecule has 2 aliphatic rings. The molecular formula is C28H31NO2. The number of carbonyl (C=O) groups is 1. The second-order valence-electron chi connectivity index (χ2n) is 10.7. The molecule has 1 heterocycles. The number of hydrogen-bond acceptors (Lipinski definition) is 1. The van der Waals surface area contributed by atoms with Crippen LogP contribution in [-0.2, 0) is 30.7 Å². The van der Waals surface area contributed by atoms with E-state index in [1.54, 1.807) is 12.1 Å². The summed E-state index contributed by atoms with van der Waals surface area (Å²) in [4.78, 5) is 11.2. The third-order valence-corrected chi connectivity index (χ3v) is 7.71. The van der Waals surface area contributed by atoms with E-state index in [1.807, 2.05) is 12.1 Å². The normalized spacial score (nSPS) is 18.1. The monoisotopic (exact) mass is 413 g/mol. The van der Waals surface area contributed by atoms with Crippen LogP contribution in [0.4, 0.5) is 0 Å². The average molecular weight is 414 g/mol. The Morgan fingerprint density at radius 3 is 2.13 bits per heavy atom. The van der Waals surface area contributed by atoms with Crippen molar-refractivity contribution >= 4 is 5.97 Å². The molecule has 0 radical (unpaired) electrons. The molecule has 0 atom stereocenters. The van der Waals surface area contributed by atoms with Crippen molar-refractivity contribution in [1.82, 2.24) is 4.57 Å². The zero-order valence-corrected chi connectivity index (χ0v) is 19.2. The highest BCUT2D eigenvalue weighted by Gasteiger charge is 2.38. The van der Waals surface area contributed by atoms with Crippen molar-refractivity contribution in [2.24, 2.45) is 7.05 Å². The van der Waals surface area contributed by atoms with Gasteiger partial charge in [-0.3, -0.25) is 0 Å². The van der Waals surface area contributed by atoms with Gasteiger partial charge in [-0.25, -0.2) is 4.79 Å². The van der Waals surface area contributed by atoms with Crippen molar-refractivity contribution in [1.29, 1.82) is 0 Å². The first kappa shape index (κ1) is 20.1. The Bertz CT molecular complexity index is 1210. The Morgan fingerprint density at radius 1 is 0.903 bits per heavy atom. The van der Waals surface area contributed by atoms with Gasteiger partial charge in [0, 0.05) is 24.4 Å². The molecule has 1 N–H and O–H groups in total. The largest absolute Gasteiger partial charge is 0.478 e. The first-order chi connectivity index (χ1) is 14.6. The molecule has 160 valence electrons. The van der Waals surface area contributed by atoms with Crippen LogP contribution in [0.3, 0.4) is 0 Å². The molecule has 0 saturated heterocycles. The summed E-state index contributed by atoms with van der Waals surface area (Å²) in [6.07, 6.45) is 6.73. The van der Waals surface area contributed by atoms with Gasteiger partial charge in [0.2, 0.25) is 0 Å². The second kappa shape index (κ2) is 6.59. The molecule has 0 amide bonds. The van der Waals surface area contributed by atoms with Gasteiger partial charge in [-0.1, -0.05) is 45.9 Å². The van der Waals surface area contributed by atoms with Crippen molar-refractivity contribution in [2.45, 2.75) is 64.2 Å². The van der Waals surface area contributed by atoms with Gasteiger partial charge in [0.05, 0.1) is 11.3 Å². The van der Waals surface area contributed by atoms with Crippen LogP contribution >= 0.6 is 0 Å². The van der Waals surface area contributed by atoms with E-state index in [2.05, 4.69) is 57.6 Å². The lowest BCUT2D eigenvalue weighted by Crippen LogP contribution is -2.34. The molecule has 0 aliphatic heterocycles. The van der Waals surface area contributed by atoms with E-state index in [9.17, 15) is 9.90 Å². The maximum atomic E-state index is 11.2. The number of aromatic carboxylic acids is 1. The SMILES string of the molecule is Cn1cc(-c2ccc(C(=O)O)cc2)c2c1-c1cc3c(cc1CC2)C(C)(C)CCC3(C)C. The molecule has 2 aromatic carbocycles. The van der Waals surface area contributed by atoms with Crippen LogP contribution in [0.1, 0.15) is 73.1 Å². The van der Waals surface area contributed by atoms with E-state index in [0.717, 1.165) is 18.4 Å². The Hall–Kier alpha value is -2.81. The highest BCUT2D eigenvalue weighted by molar-refractivity contribution is 5.89. The van der Waals surface area contributed by atoms with Crippen LogP contribution in [0.15, 0.2) is 42.6 Å². The Morgan fingerprint density at radius 2 is 1.52 bits per heavy atom. The summed E-state index contributed by atoms with van der Waals surface area (Å²) in [6.45, 7) is 9.56. The molecule has 5 rings (SSSR count). The molecule has 0 fully saturated rings. The van der Waals surface area contributed by atoms with Crippen LogP contribution in [-0.4, -0.2) is 15.6 Å². The van der Waals surface area contributed by atoms with Gasteiger partial charge in [0.25, 0.3) is 0 Å². The smallest absolute Gasteiger partial charge is 0.335 e. The number of benzene rings is 2. The zero-order chi connectivity index (χ0) is 22.1. The van der Waals surface area contributed by atoms with Crippen molar-refractivity contribution in [3.8, 4) is 22.4 Å². The summed E-state index contributed by atoms with van der Waals surface area (Å²) < 4.78 is 2.27. The third kappa shape index (κ3) is 3.05.